The number of phenolic OH excluding ortho intramolecular Hbond substituents is 1. The first-order chi connectivity index (χ1) is 6.56. The number of phenols is 1. The number of carboxylic acid groups (broad SMARTS) is 1. The zero-order valence-corrected chi connectivity index (χ0v) is 6.93. The fraction of sp³-hybridized carbons (Fsp3) is 0. The van der Waals surface area contributed by atoms with Crippen molar-refractivity contribution in [1.29, 1.82) is 0 Å². The van der Waals surface area contributed by atoms with Crippen LogP contribution in [0, 0.1) is 0 Å². The van der Waals surface area contributed by atoms with Crippen LogP contribution in [0.1, 0.15) is 20.7 Å². The summed E-state index contributed by atoms with van der Waals surface area (Å²) in [6.45, 7) is 0. The first kappa shape index (κ1) is 9.91. The molecule has 0 unspecified atom stereocenters. The molecule has 0 aliphatic rings. The van der Waals surface area contributed by atoms with Crippen LogP contribution >= 0.6 is 0 Å². The van der Waals surface area contributed by atoms with Crippen LogP contribution in [0.15, 0.2) is 18.2 Å². The molecule has 14 heavy (non-hydrogen) atoms. The number of hydrogen-bond donors (Lipinski definition) is 2. The monoisotopic (exact) mass is 194 g/mol. The Morgan fingerprint density at radius 3 is 2.43 bits per heavy atom. The molecule has 5 nitrogen and oxygen atoms in total. The molecule has 72 valence electrons. The minimum Gasteiger partial charge on any atom is -0.508 e. The Balaban J connectivity index is 3.30. The number of benzene rings is 1. The van der Waals surface area contributed by atoms with Gasteiger partial charge in [0.05, 0.1) is 0 Å². The summed E-state index contributed by atoms with van der Waals surface area (Å²) in [6, 6.07) is 3.32. The first-order valence-electron chi connectivity index (χ1n) is 3.62. The smallest absolute Gasteiger partial charge is 0.377 e. The number of aldehydes is 1. The van der Waals surface area contributed by atoms with Crippen LogP contribution in [-0.2, 0) is 4.79 Å². The summed E-state index contributed by atoms with van der Waals surface area (Å²) in [6.07, 6.45) is 0.357. The number of rotatable bonds is 3. The Kier molecular flexibility index (Phi) is 2.62. The van der Waals surface area contributed by atoms with Gasteiger partial charge in [0.15, 0.2) is 6.29 Å². The molecule has 2 N–H and O–H groups in total. The molecule has 0 heterocycles. The Labute approximate surface area is 78.6 Å². The van der Waals surface area contributed by atoms with Gasteiger partial charge in [-0.3, -0.25) is 9.59 Å². The van der Waals surface area contributed by atoms with E-state index in [0.29, 0.717) is 6.29 Å². The van der Waals surface area contributed by atoms with Gasteiger partial charge in [-0.2, -0.15) is 0 Å². The molecule has 1 rings (SSSR count). The molecule has 0 amide bonds. The first-order valence-corrected chi connectivity index (χ1v) is 3.62. The van der Waals surface area contributed by atoms with Gasteiger partial charge in [-0.05, 0) is 18.2 Å². The highest BCUT2D eigenvalue weighted by Gasteiger charge is 2.18. The van der Waals surface area contributed by atoms with Crippen LogP contribution in [0.2, 0.25) is 0 Å². The predicted octanol–water partition coefficient (Wildman–Crippen LogP) is 0.472. The molecule has 0 atom stereocenters. The van der Waals surface area contributed by atoms with Gasteiger partial charge in [-0.25, -0.2) is 4.79 Å². The van der Waals surface area contributed by atoms with Gasteiger partial charge in [0.2, 0.25) is 0 Å². The van der Waals surface area contributed by atoms with Crippen molar-refractivity contribution in [2.24, 2.45) is 0 Å². The van der Waals surface area contributed by atoms with Crippen LogP contribution in [0.3, 0.4) is 0 Å². The minimum atomic E-state index is -1.67. The summed E-state index contributed by atoms with van der Waals surface area (Å²) >= 11 is 0. The number of ketones is 1. The molecule has 0 spiro atoms. The molecule has 0 fully saturated rings. The standard InChI is InChI=1S/C9H6O5/c10-4-5-1-2-6(11)3-7(5)8(12)9(13)14/h1-4,11H,(H,13,14). The van der Waals surface area contributed by atoms with Crippen molar-refractivity contribution in [3.63, 3.8) is 0 Å². The lowest BCUT2D eigenvalue weighted by Gasteiger charge is -2.00. The predicted molar refractivity (Wildman–Crippen MR) is 45.5 cm³/mol. The zero-order valence-electron chi connectivity index (χ0n) is 6.93. The average molecular weight is 194 g/mol. The Hall–Kier alpha value is -2.17. The topological polar surface area (TPSA) is 91.7 Å². The maximum Gasteiger partial charge on any atom is 0.377 e. The van der Waals surface area contributed by atoms with E-state index in [1.54, 1.807) is 0 Å². The summed E-state index contributed by atoms with van der Waals surface area (Å²) in [7, 11) is 0. The van der Waals surface area contributed by atoms with E-state index in [2.05, 4.69) is 0 Å². The van der Waals surface area contributed by atoms with E-state index >= 15 is 0 Å². The second-order valence-electron chi connectivity index (χ2n) is 2.52. The Morgan fingerprint density at radius 1 is 1.29 bits per heavy atom. The lowest BCUT2D eigenvalue weighted by Crippen LogP contribution is -2.14. The van der Waals surface area contributed by atoms with Gasteiger partial charge >= 0.3 is 5.97 Å². The fourth-order valence-corrected chi connectivity index (χ4v) is 0.959. The zero-order chi connectivity index (χ0) is 10.7. The maximum absolute atomic E-state index is 11.0. The number of hydrogen-bond acceptors (Lipinski definition) is 4. The fourth-order valence-electron chi connectivity index (χ4n) is 0.959. The molecule has 0 radical (unpaired) electrons. The number of carbonyl (C=O) groups excluding carboxylic acids is 2. The van der Waals surface area contributed by atoms with E-state index < -0.39 is 11.8 Å². The molecule has 0 aliphatic carbocycles. The number of carboxylic acids is 1. The molecule has 0 saturated carbocycles. The van der Waals surface area contributed by atoms with Crippen LogP contribution in [0.25, 0.3) is 0 Å². The molecular formula is C9H6O5. The molecule has 0 saturated heterocycles. The quantitative estimate of drug-likeness (QED) is 0.414. The largest absolute Gasteiger partial charge is 0.508 e. The summed E-state index contributed by atoms with van der Waals surface area (Å²) in [5, 5.41) is 17.4. The molecule has 1 aromatic carbocycles. The van der Waals surface area contributed by atoms with Crippen molar-refractivity contribution < 1.29 is 24.6 Å². The van der Waals surface area contributed by atoms with Gasteiger partial charge in [0.25, 0.3) is 5.78 Å². The van der Waals surface area contributed by atoms with Crippen LogP contribution in [0.4, 0.5) is 0 Å². The lowest BCUT2D eigenvalue weighted by molar-refractivity contribution is -0.131. The van der Waals surface area contributed by atoms with E-state index in [1.807, 2.05) is 0 Å². The molecule has 1 aromatic rings. The maximum atomic E-state index is 11.0. The third-order valence-corrected chi connectivity index (χ3v) is 1.60. The van der Waals surface area contributed by atoms with E-state index in [-0.39, 0.29) is 16.9 Å². The molecular weight excluding hydrogens is 188 g/mol. The van der Waals surface area contributed by atoms with Crippen molar-refractivity contribution in [3.8, 4) is 5.75 Å². The van der Waals surface area contributed by atoms with Crippen molar-refractivity contribution >= 4 is 18.0 Å². The van der Waals surface area contributed by atoms with E-state index in [4.69, 9.17) is 10.2 Å². The molecule has 0 bridgehead atoms. The minimum absolute atomic E-state index is 0.0600. The van der Waals surface area contributed by atoms with Gasteiger partial charge in [-0.15, -0.1) is 0 Å². The molecule has 5 heteroatoms. The summed E-state index contributed by atoms with van der Waals surface area (Å²) in [4.78, 5) is 31.8. The highest BCUT2D eigenvalue weighted by atomic mass is 16.4. The summed E-state index contributed by atoms with van der Waals surface area (Å²) in [5.74, 6) is -3.15. The summed E-state index contributed by atoms with van der Waals surface area (Å²) < 4.78 is 0. The van der Waals surface area contributed by atoms with E-state index in [0.717, 1.165) is 6.07 Å². The van der Waals surface area contributed by atoms with Crippen molar-refractivity contribution in [2.75, 3.05) is 0 Å². The second-order valence-corrected chi connectivity index (χ2v) is 2.52. The van der Waals surface area contributed by atoms with E-state index in [9.17, 15) is 14.4 Å². The highest BCUT2D eigenvalue weighted by Crippen LogP contribution is 2.15. The third-order valence-electron chi connectivity index (χ3n) is 1.60. The van der Waals surface area contributed by atoms with E-state index in [1.165, 1.54) is 12.1 Å². The number of Topliss-reactive ketones (excluding diaryl/α,β-unsaturated/α-hetero) is 1. The molecule has 0 aromatic heterocycles. The van der Waals surface area contributed by atoms with Gasteiger partial charge in [0.1, 0.15) is 5.75 Å². The number of aliphatic carboxylic acids is 1. The Morgan fingerprint density at radius 2 is 1.93 bits per heavy atom. The second kappa shape index (κ2) is 3.69. The average Bonchev–Trinajstić information content (AvgIpc) is 2.16. The highest BCUT2D eigenvalue weighted by molar-refractivity contribution is 6.41. The Bertz CT molecular complexity index is 408. The lowest BCUT2D eigenvalue weighted by atomic mass is 10.0. The van der Waals surface area contributed by atoms with Crippen molar-refractivity contribution in [1.82, 2.24) is 0 Å². The SMILES string of the molecule is O=Cc1ccc(O)cc1C(=O)C(=O)O. The summed E-state index contributed by atoms with van der Waals surface area (Å²) in [5.41, 5.74) is -0.372. The molecule has 0 aliphatic heterocycles. The van der Waals surface area contributed by atoms with Crippen LogP contribution < -0.4 is 0 Å². The van der Waals surface area contributed by atoms with Gasteiger partial charge in [0, 0.05) is 11.1 Å². The number of aromatic hydroxyl groups is 1. The van der Waals surface area contributed by atoms with Crippen molar-refractivity contribution in [3.05, 3.63) is 29.3 Å². The normalized spacial score (nSPS) is 9.43. The van der Waals surface area contributed by atoms with Gasteiger partial charge in [-0.1, -0.05) is 0 Å². The third kappa shape index (κ3) is 1.77. The van der Waals surface area contributed by atoms with Gasteiger partial charge < -0.3 is 10.2 Å². The van der Waals surface area contributed by atoms with Crippen molar-refractivity contribution in [2.45, 2.75) is 0 Å². The number of carbonyl (C=O) groups is 3. The van der Waals surface area contributed by atoms with Crippen LogP contribution in [-0.4, -0.2) is 28.3 Å². The van der Waals surface area contributed by atoms with Crippen LogP contribution in [0.5, 0.6) is 5.75 Å².